The lowest BCUT2D eigenvalue weighted by atomic mass is 10.2. The fourth-order valence-electron chi connectivity index (χ4n) is 3.47. The predicted molar refractivity (Wildman–Crippen MR) is 125 cm³/mol. The van der Waals surface area contributed by atoms with Crippen molar-refractivity contribution >= 4 is 23.1 Å². The molecule has 0 spiro atoms. The van der Waals surface area contributed by atoms with Gasteiger partial charge < -0.3 is 9.88 Å². The molecule has 1 aromatic carbocycles. The highest BCUT2D eigenvalue weighted by Crippen LogP contribution is 2.11. The molecule has 0 aliphatic heterocycles. The first-order valence-electron chi connectivity index (χ1n) is 11.0. The molecular weight excluding hydrogens is 424 g/mol. The van der Waals surface area contributed by atoms with Gasteiger partial charge in [0.2, 0.25) is 5.91 Å². The average molecular weight is 455 g/mol. The number of nitrogens with zero attached hydrogens (tertiary/aromatic N) is 4. The molecule has 0 fully saturated rings. The summed E-state index contributed by atoms with van der Waals surface area (Å²) >= 11 is 0. The first-order chi connectivity index (χ1) is 15.7. The number of fused-ring (bicyclic) bond motifs is 1. The van der Waals surface area contributed by atoms with Crippen LogP contribution >= 0.6 is 0 Å². The molecule has 0 radical (unpaired) electrons. The number of carbonyl (C=O) groups is 2. The molecule has 10 heteroatoms. The van der Waals surface area contributed by atoms with Gasteiger partial charge in [0.25, 0.3) is 5.56 Å². The summed E-state index contributed by atoms with van der Waals surface area (Å²) in [5, 5.41) is 4.75. The average Bonchev–Trinajstić information content (AvgIpc) is 3.16. The van der Waals surface area contributed by atoms with Crippen LogP contribution in [0.25, 0.3) is 11.2 Å². The summed E-state index contributed by atoms with van der Waals surface area (Å²) in [5.74, 6) is -0.309. The van der Waals surface area contributed by atoms with Gasteiger partial charge in [-0.3, -0.25) is 19.5 Å². The Morgan fingerprint density at radius 3 is 2.33 bits per heavy atom. The van der Waals surface area contributed by atoms with E-state index in [0.717, 1.165) is 10.1 Å². The van der Waals surface area contributed by atoms with Gasteiger partial charge in [-0.2, -0.15) is 0 Å². The minimum Gasteiger partial charge on any atom is -0.338 e. The third-order valence-corrected chi connectivity index (χ3v) is 4.95. The number of hydrogen-bond acceptors (Lipinski definition) is 5. The quantitative estimate of drug-likeness (QED) is 0.535. The van der Waals surface area contributed by atoms with Crippen LogP contribution in [0.15, 0.2) is 46.2 Å². The van der Waals surface area contributed by atoms with E-state index in [1.165, 1.54) is 10.9 Å². The normalized spacial score (nSPS) is 11.3. The Kier molecular flexibility index (Phi) is 7.47. The van der Waals surface area contributed by atoms with Crippen LogP contribution in [-0.2, 0) is 24.4 Å². The third-order valence-electron chi connectivity index (χ3n) is 4.95. The Morgan fingerprint density at radius 2 is 1.70 bits per heavy atom. The molecule has 0 aliphatic rings. The van der Waals surface area contributed by atoms with E-state index in [9.17, 15) is 19.2 Å². The second-order valence-electron chi connectivity index (χ2n) is 8.86. The zero-order valence-corrected chi connectivity index (χ0v) is 19.4. The zero-order valence-electron chi connectivity index (χ0n) is 19.4. The smallest absolute Gasteiger partial charge is 0.333 e. The number of hydrogen-bond donors (Lipinski definition) is 2. The summed E-state index contributed by atoms with van der Waals surface area (Å²) in [5.41, 5.74) is 0.0817. The number of rotatable bonds is 8. The van der Waals surface area contributed by atoms with Gasteiger partial charge in [-0.25, -0.2) is 19.1 Å². The molecule has 10 nitrogen and oxygen atoms in total. The highest BCUT2D eigenvalue weighted by molar-refractivity contribution is 5.94. The largest absolute Gasteiger partial charge is 0.338 e. The van der Waals surface area contributed by atoms with Crippen molar-refractivity contribution in [1.29, 1.82) is 0 Å². The standard InChI is InChI=1S/C23H30N6O4/c1-15(2)10-24-22(32)26-18(30)13-29-21(31)19-20(25-14-27(19)11-16(3)4)28(23(29)33)12-17-8-6-5-7-9-17/h5-9,14-16H,10-13H2,1-4H3,(H2,24,26,30,32). The van der Waals surface area contributed by atoms with Crippen LogP contribution in [0.1, 0.15) is 33.3 Å². The van der Waals surface area contributed by atoms with E-state index < -0.39 is 29.7 Å². The summed E-state index contributed by atoms with van der Waals surface area (Å²) < 4.78 is 3.94. The molecule has 2 N–H and O–H groups in total. The summed E-state index contributed by atoms with van der Waals surface area (Å²) in [6.07, 6.45) is 1.54. The van der Waals surface area contributed by atoms with Crippen molar-refractivity contribution in [2.75, 3.05) is 6.54 Å². The number of carbonyl (C=O) groups excluding carboxylic acids is 2. The van der Waals surface area contributed by atoms with Gasteiger partial charge in [-0.05, 0) is 17.4 Å². The summed E-state index contributed by atoms with van der Waals surface area (Å²) in [6.45, 7) is 8.39. The summed E-state index contributed by atoms with van der Waals surface area (Å²) in [6, 6.07) is 8.64. The molecule has 0 bridgehead atoms. The molecule has 0 aliphatic carbocycles. The Bertz CT molecular complexity index is 1250. The minimum atomic E-state index is -0.754. The van der Waals surface area contributed by atoms with Gasteiger partial charge in [0.1, 0.15) is 6.54 Å². The van der Waals surface area contributed by atoms with Crippen LogP contribution in [0.5, 0.6) is 0 Å². The number of urea groups is 1. The fourth-order valence-corrected chi connectivity index (χ4v) is 3.47. The Hall–Kier alpha value is -3.69. The highest BCUT2D eigenvalue weighted by atomic mass is 16.2. The van der Waals surface area contributed by atoms with Crippen molar-refractivity contribution in [2.24, 2.45) is 11.8 Å². The van der Waals surface area contributed by atoms with Crippen LogP contribution in [-0.4, -0.2) is 37.2 Å². The lowest BCUT2D eigenvalue weighted by Gasteiger charge is -2.14. The molecule has 0 unspecified atom stereocenters. The van der Waals surface area contributed by atoms with E-state index in [1.54, 1.807) is 4.57 Å². The van der Waals surface area contributed by atoms with E-state index in [4.69, 9.17) is 0 Å². The maximum Gasteiger partial charge on any atom is 0.333 e. The van der Waals surface area contributed by atoms with Crippen molar-refractivity contribution < 1.29 is 9.59 Å². The van der Waals surface area contributed by atoms with E-state index in [-0.39, 0.29) is 29.5 Å². The molecular formula is C23H30N6O4. The maximum atomic E-state index is 13.3. The Labute approximate surface area is 191 Å². The molecule has 3 aromatic rings. The van der Waals surface area contributed by atoms with Crippen molar-refractivity contribution in [3.05, 3.63) is 63.1 Å². The highest BCUT2D eigenvalue weighted by Gasteiger charge is 2.21. The predicted octanol–water partition coefficient (Wildman–Crippen LogP) is 1.55. The number of imide groups is 1. The molecule has 3 rings (SSSR count). The third kappa shape index (κ3) is 5.76. The van der Waals surface area contributed by atoms with Crippen molar-refractivity contribution in [3.63, 3.8) is 0 Å². The fraction of sp³-hybridized carbons (Fsp3) is 0.435. The van der Waals surface area contributed by atoms with Gasteiger partial charge in [-0.1, -0.05) is 58.0 Å². The van der Waals surface area contributed by atoms with E-state index in [2.05, 4.69) is 15.6 Å². The summed E-state index contributed by atoms with van der Waals surface area (Å²) in [7, 11) is 0. The van der Waals surface area contributed by atoms with Crippen LogP contribution < -0.4 is 21.9 Å². The zero-order chi connectivity index (χ0) is 24.1. The second-order valence-corrected chi connectivity index (χ2v) is 8.86. The number of aromatic nitrogens is 4. The van der Waals surface area contributed by atoms with Crippen LogP contribution in [0.2, 0.25) is 0 Å². The Morgan fingerprint density at radius 1 is 1.00 bits per heavy atom. The van der Waals surface area contributed by atoms with Crippen molar-refractivity contribution in [1.82, 2.24) is 29.3 Å². The van der Waals surface area contributed by atoms with Gasteiger partial charge in [0, 0.05) is 13.1 Å². The molecule has 3 amide bonds. The number of amides is 3. The van der Waals surface area contributed by atoms with Crippen LogP contribution in [0.3, 0.4) is 0 Å². The van der Waals surface area contributed by atoms with Crippen molar-refractivity contribution in [3.8, 4) is 0 Å². The first-order valence-corrected chi connectivity index (χ1v) is 11.0. The van der Waals surface area contributed by atoms with Crippen LogP contribution in [0, 0.1) is 11.8 Å². The molecule has 0 saturated heterocycles. The van der Waals surface area contributed by atoms with Gasteiger partial charge in [0.15, 0.2) is 11.2 Å². The molecule has 176 valence electrons. The van der Waals surface area contributed by atoms with Gasteiger partial charge >= 0.3 is 11.7 Å². The van der Waals surface area contributed by atoms with Crippen LogP contribution in [0.4, 0.5) is 4.79 Å². The topological polar surface area (TPSA) is 120 Å². The van der Waals surface area contributed by atoms with Crippen molar-refractivity contribution in [2.45, 2.75) is 47.3 Å². The number of benzene rings is 1. The molecule has 2 heterocycles. The molecule has 0 saturated carbocycles. The van der Waals surface area contributed by atoms with E-state index in [1.807, 2.05) is 58.0 Å². The number of nitrogens with one attached hydrogen (secondary N) is 2. The SMILES string of the molecule is CC(C)CNC(=O)NC(=O)Cn1c(=O)c2c(ncn2CC(C)C)n(Cc2ccccc2)c1=O. The molecule has 33 heavy (non-hydrogen) atoms. The molecule has 2 aromatic heterocycles. The lowest BCUT2D eigenvalue weighted by Crippen LogP contribution is -2.47. The lowest BCUT2D eigenvalue weighted by molar-refractivity contribution is -0.120. The molecule has 0 atom stereocenters. The van der Waals surface area contributed by atoms with Gasteiger partial charge in [0.05, 0.1) is 12.9 Å². The monoisotopic (exact) mass is 454 g/mol. The van der Waals surface area contributed by atoms with Gasteiger partial charge in [-0.15, -0.1) is 0 Å². The first kappa shape index (κ1) is 24.0. The summed E-state index contributed by atoms with van der Waals surface area (Å²) in [4.78, 5) is 55.3. The minimum absolute atomic E-state index is 0.186. The van der Waals surface area contributed by atoms with E-state index >= 15 is 0 Å². The second kappa shape index (κ2) is 10.3. The number of imidazole rings is 1. The Balaban J connectivity index is 2.02. The maximum absolute atomic E-state index is 13.3. The van der Waals surface area contributed by atoms with E-state index in [0.29, 0.717) is 13.1 Å².